The Morgan fingerprint density at radius 2 is 1.67 bits per heavy atom. The molecule has 0 amide bonds. The van der Waals surface area contributed by atoms with Gasteiger partial charge in [0.25, 0.3) is 0 Å². The topological polar surface area (TPSA) is 68.3 Å². The van der Waals surface area contributed by atoms with Gasteiger partial charge in [-0.1, -0.05) is 17.7 Å². The van der Waals surface area contributed by atoms with Crippen LogP contribution in [0.15, 0.2) is 42.5 Å². The minimum atomic E-state index is 0.459. The van der Waals surface area contributed by atoms with E-state index in [0.717, 1.165) is 22.6 Å². The zero-order valence-corrected chi connectivity index (χ0v) is 16.4. The van der Waals surface area contributed by atoms with Crippen LogP contribution in [0.3, 0.4) is 0 Å². The average molecular weight is 385 g/mol. The number of benzene rings is 2. The third kappa shape index (κ3) is 4.60. The van der Waals surface area contributed by atoms with Crippen molar-refractivity contribution in [3.63, 3.8) is 0 Å². The normalized spacial score (nSPS) is 10.4. The Hall–Kier alpha value is -2.99. The largest absolute Gasteiger partial charge is 0.497 e. The molecule has 0 saturated carbocycles. The summed E-state index contributed by atoms with van der Waals surface area (Å²) in [7, 11) is 3.22. The highest BCUT2D eigenvalue weighted by molar-refractivity contribution is 6.30. The van der Waals surface area contributed by atoms with E-state index < -0.39 is 0 Å². The number of anilines is 4. The van der Waals surface area contributed by atoms with Crippen molar-refractivity contribution in [2.24, 2.45) is 0 Å². The number of hydrogen-bond acceptors (Lipinski definition) is 6. The van der Waals surface area contributed by atoms with Gasteiger partial charge < -0.3 is 20.1 Å². The molecule has 0 aliphatic heterocycles. The van der Waals surface area contributed by atoms with Crippen molar-refractivity contribution in [1.82, 2.24) is 9.97 Å². The molecule has 1 heterocycles. The van der Waals surface area contributed by atoms with Crippen LogP contribution in [0.25, 0.3) is 0 Å². The first-order chi connectivity index (χ1) is 13.0. The Morgan fingerprint density at radius 3 is 2.41 bits per heavy atom. The molecule has 140 valence electrons. The van der Waals surface area contributed by atoms with Gasteiger partial charge in [-0.15, -0.1) is 0 Å². The molecule has 2 aromatic carbocycles. The van der Waals surface area contributed by atoms with E-state index in [1.807, 2.05) is 50.2 Å². The molecule has 1 aromatic heterocycles. The van der Waals surface area contributed by atoms with Crippen molar-refractivity contribution in [2.75, 3.05) is 24.9 Å². The monoisotopic (exact) mass is 384 g/mol. The van der Waals surface area contributed by atoms with E-state index in [1.54, 1.807) is 20.3 Å². The maximum Gasteiger partial charge on any atom is 0.229 e. The predicted molar refractivity (Wildman–Crippen MR) is 109 cm³/mol. The number of halogens is 1. The summed E-state index contributed by atoms with van der Waals surface area (Å²) in [5.41, 5.74) is 3.53. The van der Waals surface area contributed by atoms with Crippen molar-refractivity contribution in [1.29, 1.82) is 0 Å². The van der Waals surface area contributed by atoms with E-state index in [0.29, 0.717) is 28.3 Å². The molecular weight excluding hydrogens is 364 g/mol. The summed E-state index contributed by atoms with van der Waals surface area (Å²) in [5, 5.41) is 7.16. The number of aromatic nitrogens is 2. The SMILES string of the molecule is COc1ccc(Nc2nc(C)cc(Nc3cc(Cl)ccc3C)n2)c(OC)c1. The summed E-state index contributed by atoms with van der Waals surface area (Å²) in [6.45, 7) is 3.92. The summed E-state index contributed by atoms with van der Waals surface area (Å²) < 4.78 is 10.6. The van der Waals surface area contributed by atoms with Gasteiger partial charge in [-0.3, -0.25) is 0 Å². The van der Waals surface area contributed by atoms with Crippen molar-refractivity contribution < 1.29 is 9.47 Å². The predicted octanol–water partition coefficient (Wildman–Crippen LogP) is 5.25. The average Bonchev–Trinajstić information content (AvgIpc) is 2.64. The van der Waals surface area contributed by atoms with Crippen LogP contribution < -0.4 is 20.1 Å². The molecule has 0 unspecified atom stereocenters. The Balaban J connectivity index is 1.89. The molecule has 0 spiro atoms. The molecule has 0 radical (unpaired) electrons. The maximum absolute atomic E-state index is 6.10. The molecule has 3 aromatic rings. The molecule has 0 aliphatic carbocycles. The molecule has 0 atom stereocenters. The van der Waals surface area contributed by atoms with E-state index >= 15 is 0 Å². The van der Waals surface area contributed by atoms with Crippen LogP contribution in [0.2, 0.25) is 5.02 Å². The molecule has 2 N–H and O–H groups in total. The van der Waals surface area contributed by atoms with E-state index in [1.165, 1.54) is 0 Å². The molecule has 27 heavy (non-hydrogen) atoms. The Morgan fingerprint density at radius 1 is 0.852 bits per heavy atom. The van der Waals surface area contributed by atoms with Crippen LogP contribution in [0.4, 0.5) is 23.1 Å². The van der Waals surface area contributed by atoms with E-state index in [4.69, 9.17) is 21.1 Å². The number of rotatable bonds is 6. The Labute approximate surface area is 163 Å². The van der Waals surface area contributed by atoms with Gasteiger partial charge in [0.1, 0.15) is 17.3 Å². The van der Waals surface area contributed by atoms with Crippen LogP contribution in [0, 0.1) is 13.8 Å². The molecule has 0 aliphatic rings. The first kappa shape index (κ1) is 18.8. The van der Waals surface area contributed by atoms with Crippen molar-refractivity contribution >= 4 is 34.7 Å². The van der Waals surface area contributed by atoms with E-state index in [2.05, 4.69) is 20.6 Å². The molecule has 6 nitrogen and oxygen atoms in total. The van der Waals surface area contributed by atoms with Gasteiger partial charge in [-0.2, -0.15) is 4.98 Å². The summed E-state index contributed by atoms with van der Waals surface area (Å²) in [4.78, 5) is 9.00. The summed E-state index contributed by atoms with van der Waals surface area (Å²) in [5.74, 6) is 2.48. The van der Waals surface area contributed by atoms with E-state index in [-0.39, 0.29) is 0 Å². The number of aryl methyl sites for hydroxylation is 2. The van der Waals surface area contributed by atoms with Gasteiger partial charge in [-0.05, 0) is 43.7 Å². The fourth-order valence-electron chi connectivity index (χ4n) is 2.58. The minimum Gasteiger partial charge on any atom is -0.497 e. The van der Waals surface area contributed by atoms with Crippen LogP contribution >= 0.6 is 11.6 Å². The highest BCUT2D eigenvalue weighted by Gasteiger charge is 2.09. The molecule has 3 rings (SSSR count). The van der Waals surface area contributed by atoms with Crippen LogP contribution in [0.1, 0.15) is 11.3 Å². The van der Waals surface area contributed by atoms with Gasteiger partial charge in [0, 0.05) is 28.5 Å². The van der Waals surface area contributed by atoms with Gasteiger partial charge in [0.2, 0.25) is 5.95 Å². The van der Waals surface area contributed by atoms with Crippen LogP contribution in [0.5, 0.6) is 11.5 Å². The summed E-state index contributed by atoms with van der Waals surface area (Å²) in [6, 6.07) is 13.1. The van der Waals surface area contributed by atoms with Gasteiger partial charge in [0.05, 0.1) is 19.9 Å². The Kier molecular flexibility index (Phi) is 5.66. The number of methoxy groups -OCH3 is 2. The zero-order chi connectivity index (χ0) is 19.4. The van der Waals surface area contributed by atoms with Crippen molar-refractivity contribution in [3.8, 4) is 11.5 Å². The smallest absolute Gasteiger partial charge is 0.229 e. The van der Waals surface area contributed by atoms with Crippen LogP contribution in [-0.4, -0.2) is 24.2 Å². The highest BCUT2D eigenvalue weighted by Crippen LogP contribution is 2.31. The van der Waals surface area contributed by atoms with Gasteiger partial charge in [-0.25, -0.2) is 4.98 Å². The van der Waals surface area contributed by atoms with Crippen molar-refractivity contribution in [2.45, 2.75) is 13.8 Å². The zero-order valence-electron chi connectivity index (χ0n) is 15.6. The third-order valence-electron chi connectivity index (χ3n) is 3.97. The fourth-order valence-corrected chi connectivity index (χ4v) is 2.75. The summed E-state index contributed by atoms with van der Waals surface area (Å²) >= 11 is 6.10. The summed E-state index contributed by atoms with van der Waals surface area (Å²) in [6.07, 6.45) is 0. The Bertz CT molecular complexity index is 963. The second-order valence-corrected chi connectivity index (χ2v) is 6.43. The van der Waals surface area contributed by atoms with Crippen LogP contribution in [-0.2, 0) is 0 Å². The second kappa shape index (κ2) is 8.14. The molecule has 7 heteroatoms. The van der Waals surface area contributed by atoms with E-state index in [9.17, 15) is 0 Å². The first-order valence-electron chi connectivity index (χ1n) is 8.36. The molecule has 0 bridgehead atoms. The number of hydrogen-bond donors (Lipinski definition) is 2. The lowest BCUT2D eigenvalue weighted by Crippen LogP contribution is -2.04. The molecule has 0 saturated heterocycles. The van der Waals surface area contributed by atoms with Gasteiger partial charge >= 0.3 is 0 Å². The first-order valence-corrected chi connectivity index (χ1v) is 8.74. The highest BCUT2D eigenvalue weighted by atomic mass is 35.5. The second-order valence-electron chi connectivity index (χ2n) is 5.99. The molecular formula is C20H21ClN4O2. The fraction of sp³-hybridized carbons (Fsp3) is 0.200. The number of nitrogens with zero attached hydrogens (tertiary/aromatic N) is 2. The lowest BCUT2D eigenvalue weighted by atomic mass is 10.2. The number of ether oxygens (including phenoxy) is 2. The maximum atomic E-state index is 6.10. The lowest BCUT2D eigenvalue weighted by molar-refractivity contribution is 0.395. The van der Waals surface area contributed by atoms with Crippen molar-refractivity contribution in [3.05, 3.63) is 58.7 Å². The quantitative estimate of drug-likeness (QED) is 0.604. The lowest BCUT2D eigenvalue weighted by Gasteiger charge is -2.14. The standard InChI is InChI=1S/C20H21ClN4O2/c1-12-5-6-14(21)10-17(12)23-19-9-13(2)22-20(25-19)24-16-8-7-15(26-3)11-18(16)27-4/h5-11H,1-4H3,(H2,22,23,24,25). The third-order valence-corrected chi connectivity index (χ3v) is 4.21. The molecule has 0 fully saturated rings. The number of nitrogens with one attached hydrogen (secondary N) is 2. The minimum absolute atomic E-state index is 0.459. The van der Waals surface area contributed by atoms with Gasteiger partial charge in [0.15, 0.2) is 0 Å².